The molecule has 1 fully saturated rings. The van der Waals surface area contributed by atoms with Crippen molar-refractivity contribution in [1.82, 2.24) is 10.3 Å². The van der Waals surface area contributed by atoms with Crippen molar-refractivity contribution in [3.8, 4) is 16.8 Å². The summed E-state index contributed by atoms with van der Waals surface area (Å²) in [7, 11) is 0. The number of nitriles is 1. The lowest BCUT2D eigenvalue weighted by Gasteiger charge is -2.22. The van der Waals surface area contributed by atoms with Crippen LogP contribution in [0.5, 0.6) is 0 Å². The molecule has 3 aromatic rings. The first-order valence-electron chi connectivity index (χ1n) is 8.84. The number of fused-ring (bicyclic) bond motifs is 1. The number of hydrogen-bond acceptors (Lipinski definition) is 7. The number of para-hydroxylation sites is 1. The van der Waals surface area contributed by atoms with Crippen molar-refractivity contribution in [2.75, 3.05) is 6.61 Å². The molecule has 1 aliphatic rings. The summed E-state index contributed by atoms with van der Waals surface area (Å²) in [5.41, 5.74) is -0.0651. The lowest BCUT2D eigenvalue weighted by molar-refractivity contribution is -0.125. The minimum absolute atomic E-state index is 0.00714. The van der Waals surface area contributed by atoms with Crippen molar-refractivity contribution in [2.24, 2.45) is 5.92 Å². The molecular formula is C20H17N3O4S. The van der Waals surface area contributed by atoms with Crippen molar-refractivity contribution in [1.29, 1.82) is 5.26 Å². The van der Waals surface area contributed by atoms with Crippen LogP contribution in [0, 0.1) is 17.2 Å². The minimum Gasteiger partial charge on any atom is -0.450 e. The summed E-state index contributed by atoms with van der Waals surface area (Å²) in [6.45, 7) is 1.21. The number of ether oxygens (including phenoxy) is 1. The van der Waals surface area contributed by atoms with Crippen LogP contribution in [0.1, 0.15) is 30.3 Å². The minimum atomic E-state index is -0.922. The van der Waals surface area contributed by atoms with Gasteiger partial charge in [0.2, 0.25) is 5.76 Å². The van der Waals surface area contributed by atoms with Gasteiger partial charge in [-0.2, -0.15) is 5.26 Å². The van der Waals surface area contributed by atoms with Crippen LogP contribution < -0.4 is 5.32 Å². The molecule has 0 saturated heterocycles. The van der Waals surface area contributed by atoms with Gasteiger partial charge in [-0.15, -0.1) is 11.3 Å². The number of rotatable bonds is 6. The van der Waals surface area contributed by atoms with Crippen molar-refractivity contribution < 1.29 is 18.7 Å². The predicted octanol–water partition coefficient (Wildman–Crippen LogP) is 3.52. The summed E-state index contributed by atoms with van der Waals surface area (Å²) in [4.78, 5) is 28.7. The smallest absolute Gasteiger partial charge is 0.374 e. The van der Waals surface area contributed by atoms with E-state index in [2.05, 4.69) is 16.4 Å². The maximum Gasteiger partial charge on any atom is 0.374 e. The maximum absolute atomic E-state index is 12.2. The highest BCUT2D eigenvalue weighted by atomic mass is 32.1. The van der Waals surface area contributed by atoms with Crippen LogP contribution in [0.25, 0.3) is 21.0 Å². The predicted molar refractivity (Wildman–Crippen MR) is 102 cm³/mol. The van der Waals surface area contributed by atoms with E-state index in [0.717, 1.165) is 23.1 Å². The quantitative estimate of drug-likeness (QED) is 0.640. The second-order valence-electron chi connectivity index (χ2n) is 6.86. The van der Waals surface area contributed by atoms with Gasteiger partial charge >= 0.3 is 5.97 Å². The fourth-order valence-corrected chi connectivity index (χ4v) is 3.88. The van der Waals surface area contributed by atoms with Crippen LogP contribution in [0.2, 0.25) is 0 Å². The fraction of sp³-hybridized carbons (Fsp3) is 0.300. The molecule has 2 aromatic heterocycles. The van der Waals surface area contributed by atoms with Crippen molar-refractivity contribution in [3.05, 3.63) is 42.2 Å². The number of aromatic nitrogens is 1. The van der Waals surface area contributed by atoms with Crippen LogP contribution in [0.4, 0.5) is 0 Å². The molecule has 0 spiro atoms. The van der Waals surface area contributed by atoms with Gasteiger partial charge < -0.3 is 14.5 Å². The Balaban J connectivity index is 1.38. The number of carbonyl (C=O) groups is 2. The van der Waals surface area contributed by atoms with Crippen LogP contribution in [-0.2, 0) is 9.53 Å². The first-order chi connectivity index (χ1) is 13.5. The normalized spacial score (nSPS) is 15.6. The zero-order valence-electron chi connectivity index (χ0n) is 15.1. The highest BCUT2D eigenvalue weighted by molar-refractivity contribution is 7.21. The zero-order valence-corrected chi connectivity index (χ0v) is 15.9. The molecule has 142 valence electrons. The Labute approximate surface area is 164 Å². The Kier molecular flexibility index (Phi) is 4.61. The lowest BCUT2D eigenvalue weighted by Crippen LogP contribution is -2.48. The third-order valence-corrected chi connectivity index (χ3v) is 5.72. The summed E-state index contributed by atoms with van der Waals surface area (Å²) in [6.07, 6.45) is 1.82. The summed E-state index contributed by atoms with van der Waals surface area (Å²) < 4.78 is 11.6. The van der Waals surface area contributed by atoms with Gasteiger partial charge in [0.1, 0.15) is 5.54 Å². The average Bonchev–Trinajstić information content (AvgIpc) is 3.29. The average molecular weight is 395 g/mol. The maximum atomic E-state index is 12.2. The van der Waals surface area contributed by atoms with E-state index in [0.29, 0.717) is 10.8 Å². The molecule has 7 nitrogen and oxygen atoms in total. The molecule has 1 aliphatic carbocycles. The number of nitrogens with one attached hydrogen (secondary N) is 1. The fourth-order valence-electron chi connectivity index (χ4n) is 2.95. The number of benzene rings is 1. The Bertz CT molecular complexity index is 1060. The van der Waals surface area contributed by atoms with Crippen LogP contribution in [0.15, 0.2) is 40.8 Å². The molecule has 8 heteroatoms. The third-order valence-electron chi connectivity index (χ3n) is 4.67. The highest BCUT2D eigenvalue weighted by Gasteiger charge is 2.43. The first kappa shape index (κ1) is 18.2. The van der Waals surface area contributed by atoms with E-state index in [1.165, 1.54) is 17.4 Å². The van der Waals surface area contributed by atoms with Crippen molar-refractivity contribution in [3.63, 3.8) is 0 Å². The first-order valence-corrected chi connectivity index (χ1v) is 9.65. The van der Waals surface area contributed by atoms with Crippen LogP contribution in [-0.4, -0.2) is 29.0 Å². The Morgan fingerprint density at radius 3 is 2.86 bits per heavy atom. The molecule has 1 amide bonds. The van der Waals surface area contributed by atoms with Gasteiger partial charge in [-0.05, 0) is 49.9 Å². The Morgan fingerprint density at radius 1 is 1.36 bits per heavy atom. The van der Waals surface area contributed by atoms with E-state index in [4.69, 9.17) is 9.15 Å². The third kappa shape index (κ3) is 3.62. The van der Waals surface area contributed by atoms with Gasteiger partial charge in [0, 0.05) is 0 Å². The monoisotopic (exact) mass is 395 g/mol. The standard InChI is InChI=1S/C20H17N3O4S/c1-20(11-21,12-6-7-12)23-17(24)10-26-19(25)15-9-8-14(27-15)18-22-13-4-2-3-5-16(13)28-18/h2-5,8-9,12H,6-7,10H2,1H3,(H,23,24)/t20-/m0/s1. The SMILES string of the molecule is C[C@@](C#N)(NC(=O)COC(=O)c1ccc(-c2nc3ccccc3s2)o1)C1CC1. The largest absolute Gasteiger partial charge is 0.450 e. The van der Waals surface area contributed by atoms with Gasteiger partial charge in [0.05, 0.1) is 16.3 Å². The van der Waals surface area contributed by atoms with E-state index >= 15 is 0 Å². The lowest BCUT2D eigenvalue weighted by atomic mass is 9.98. The molecule has 1 atom stereocenters. The molecule has 0 bridgehead atoms. The van der Waals surface area contributed by atoms with Gasteiger partial charge in [-0.1, -0.05) is 12.1 Å². The van der Waals surface area contributed by atoms with Crippen molar-refractivity contribution >= 4 is 33.4 Å². The van der Waals surface area contributed by atoms with E-state index in [1.807, 2.05) is 24.3 Å². The molecule has 0 unspecified atom stereocenters. The number of amides is 1. The van der Waals surface area contributed by atoms with Gasteiger partial charge in [0.25, 0.3) is 5.91 Å². The molecule has 4 rings (SSSR count). The van der Waals surface area contributed by atoms with Crippen LogP contribution >= 0.6 is 11.3 Å². The number of carbonyl (C=O) groups excluding carboxylic acids is 2. The van der Waals surface area contributed by atoms with E-state index < -0.39 is 24.0 Å². The van der Waals surface area contributed by atoms with Crippen molar-refractivity contribution in [2.45, 2.75) is 25.3 Å². The Hall–Kier alpha value is -3.18. The summed E-state index contributed by atoms with van der Waals surface area (Å²) in [5, 5.41) is 12.6. The molecular weight excluding hydrogens is 378 g/mol. The molecule has 1 saturated carbocycles. The van der Waals surface area contributed by atoms with E-state index in [1.54, 1.807) is 13.0 Å². The molecule has 28 heavy (non-hydrogen) atoms. The molecule has 1 N–H and O–H groups in total. The molecule has 1 aromatic carbocycles. The molecule has 0 radical (unpaired) electrons. The summed E-state index contributed by atoms with van der Waals surface area (Å²) >= 11 is 1.46. The van der Waals surface area contributed by atoms with Crippen LogP contribution in [0.3, 0.4) is 0 Å². The number of hydrogen-bond donors (Lipinski definition) is 1. The number of nitrogens with zero attached hydrogens (tertiary/aromatic N) is 2. The summed E-state index contributed by atoms with van der Waals surface area (Å²) in [5.74, 6) is -0.649. The second kappa shape index (κ2) is 7.09. The number of furan rings is 1. The molecule has 2 heterocycles. The van der Waals surface area contributed by atoms with Gasteiger partial charge in [-0.3, -0.25) is 4.79 Å². The van der Waals surface area contributed by atoms with Gasteiger partial charge in [0.15, 0.2) is 17.4 Å². The number of thiazole rings is 1. The number of esters is 1. The Morgan fingerprint density at radius 2 is 2.14 bits per heavy atom. The second-order valence-corrected chi connectivity index (χ2v) is 7.89. The molecule has 0 aliphatic heterocycles. The zero-order chi connectivity index (χ0) is 19.7. The van der Waals surface area contributed by atoms with E-state index in [-0.39, 0.29) is 11.7 Å². The topological polar surface area (TPSA) is 105 Å². The highest BCUT2D eigenvalue weighted by Crippen LogP contribution is 2.39. The summed E-state index contributed by atoms with van der Waals surface area (Å²) in [6, 6.07) is 13.0. The van der Waals surface area contributed by atoms with Gasteiger partial charge in [-0.25, -0.2) is 9.78 Å². The van der Waals surface area contributed by atoms with E-state index in [9.17, 15) is 14.9 Å².